The summed E-state index contributed by atoms with van der Waals surface area (Å²) in [7, 11) is 1.72. The zero-order chi connectivity index (χ0) is 16.6. The number of aromatic amines is 1. The number of nitrogens with one attached hydrogen (secondary N) is 2. The molecule has 1 amide bonds. The second-order valence-electron chi connectivity index (χ2n) is 5.69. The molecule has 0 atom stereocenters. The van der Waals surface area contributed by atoms with E-state index in [9.17, 15) is 9.18 Å². The highest BCUT2D eigenvalue weighted by atomic mass is 19.1. The minimum atomic E-state index is -0.233. The van der Waals surface area contributed by atoms with Crippen LogP contribution in [0.4, 0.5) is 4.39 Å². The summed E-state index contributed by atoms with van der Waals surface area (Å²) in [6.07, 6.45) is 2.15. The van der Waals surface area contributed by atoms with Crippen LogP contribution in [0.1, 0.15) is 27.3 Å². The molecule has 6 heteroatoms. The van der Waals surface area contributed by atoms with Gasteiger partial charge in [0, 0.05) is 30.9 Å². The summed E-state index contributed by atoms with van der Waals surface area (Å²) in [6, 6.07) is 4.92. The molecule has 5 nitrogen and oxygen atoms in total. The number of hydrogen-bond acceptors (Lipinski definition) is 2. The van der Waals surface area contributed by atoms with Gasteiger partial charge in [0.05, 0.1) is 5.52 Å². The van der Waals surface area contributed by atoms with Gasteiger partial charge in [-0.1, -0.05) is 6.07 Å². The van der Waals surface area contributed by atoms with Crippen molar-refractivity contribution in [3.8, 4) is 0 Å². The fourth-order valence-electron chi connectivity index (χ4n) is 2.89. The summed E-state index contributed by atoms with van der Waals surface area (Å²) in [5.74, 6) is -0.415. The number of hydrogen-bond donors (Lipinski definition) is 2. The summed E-state index contributed by atoms with van der Waals surface area (Å²) in [4.78, 5) is 15.3. The summed E-state index contributed by atoms with van der Waals surface area (Å²) in [5, 5.41) is 7.45. The first-order valence-electron chi connectivity index (χ1n) is 7.51. The van der Waals surface area contributed by atoms with Gasteiger partial charge in [-0.05, 0) is 43.5 Å². The molecule has 0 fully saturated rings. The fraction of sp³-hybridized carbons (Fsp3) is 0.294. The molecule has 0 bridgehead atoms. The SMILES string of the molecule is Cc1[nH]c2c(C)ccc(F)c2c1CCNC(=O)c1ccnn1C. The van der Waals surface area contributed by atoms with Gasteiger partial charge >= 0.3 is 0 Å². The van der Waals surface area contributed by atoms with Gasteiger partial charge in [-0.15, -0.1) is 0 Å². The van der Waals surface area contributed by atoms with Crippen molar-refractivity contribution in [3.63, 3.8) is 0 Å². The number of amides is 1. The van der Waals surface area contributed by atoms with Crippen LogP contribution in [-0.4, -0.2) is 27.2 Å². The van der Waals surface area contributed by atoms with Gasteiger partial charge in [-0.3, -0.25) is 9.48 Å². The molecule has 0 aliphatic heterocycles. The minimum Gasteiger partial charge on any atom is -0.358 e. The number of rotatable bonds is 4. The first-order valence-corrected chi connectivity index (χ1v) is 7.51. The number of benzene rings is 1. The monoisotopic (exact) mass is 314 g/mol. The van der Waals surface area contributed by atoms with E-state index in [0.717, 1.165) is 22.3 Å². The molecule has 0 saturated heterocycles. The molecule has 0 aliphatic carbocycles. The molecule has 0 spiro atoms. The Bertz CT molecular complexity index is 878. The molecular weight excluding hydrogens is 295 g/mol. The number of aromatic nitrogens is 3. The lowest BCUT2D eigenvalue weighted by molar-refractivity contribution is 0.0944. The van der Waals surface area contributed by atoms with Crippen LogP contribution in [0.2, 0.25) is 0 Å². The average molecular weight is 314 g/mol. The standard InChI is InChI=1S/C17H19FN4O/c1-10-4-5-13(18)15-12(11(2)21-16(10)15)6-8-19-17(23)14-7-9-20-22(14)3/h4-5,7,9,21H,6,8H2,1-3H3,(H,19,23). The third-order valence-electron chi connectivity index (χ3n) is 4.14. The van der Waals surface area contributed by atoms with Crippen LogP contribution in [0.3, 0.4) is 0 Å². The van der Waals surface area contributed by atoms with E-state index in [4.69, 9.17) is 0 Å². The predicted molar refractivity (Wildman–Crippen MR) is 87.0 cm³/mol. The molecule has 2 N–H and O–H groups in total. The second kappa shape index (κ2) is 5.87. The van der Waals surface area contributed by atoms with Gasteiger partial charge in [-0.25, -0.2) is 4.39 Å². The zero-order valence-electron chi connectivity index (χ0n) is 13.4. The third-order valence-corrected chi connectivity index (χ3v) is 4.14. The summed E-state index contributed by atoms with van der Waals surface area (Å²) < 4.78 is 15.7. The Labute approximate surface area is 133 Å². The maximum absolute atomic E-state index is 14.2. The van der Waals surface area contributed by atoms with Crippen LogP contribution < -0.4 is 5.32 Å². The smallest absolute Gasteiger partial charge is 0.269 e. The van der Waals surface area contributed by atoms with Gasteiger partial charge in [0.15, 0.2) is 0 Å². The molecule has 0 saturated carbocycles. The van der Waals surface area contributed by atoms with Crippen LogP contribution in [0.25, 0.3) is 10.9 Å². The number of fused-ring (bicyclic) bond motifs is 1. The largest absolute Gasteiger partial charge is 0.358 e. The molecule has 120 valence electrons. The molecule has 3 rings (SSSR count). The Morgan fingerprint density at radius 2 is 2.13 bits per heavy atom. The van der Waals surface area contributed by atoms with Crippen molar-refractivity contribution in [1.82, 2.24) is 20.1 Å². The Balaban J connectivity index is 1.78. The molecular formula is C17H19FN4O. The number of nitrogens with zero attached hydrogens (tertiary/aromatic N) is 2. The maximum atomic E-state index is 14.2. The van der Waals surface area contributed by atoms with Crippen molar-refractivity contribution >= 4 is 16.8 Å². The van der Waals surface area contributed by atoms with Crippen molar-refractivity contribution in [2.45, 2.75) is 20.3 Å². The lowest BCUT2D eigenvalue weighted by Gasteiger charge is -2.06. The fourth-order valence-corrected chi connectivity index (χ4v) is 2.89. The van der Waals surface area contributed by atoms with Crippen LogP contribution in [0, 0.1) is 19.7 Å². The number of aryl methyl sites for hydroxylation is 3. The summed E-state index contributed by atoms with van der Waals surface area (Å²) in [5.41, 5.74) is 4.18. The maximum Gasteiger partial charge on any atom is 0.269 e. The van der Waals surface area contributed by atoms with Gasteiger partial charge in [0.25, 0.3) is 5.91 Å². The lowest BCUT2D eigenvalue weighted by Crippen LogP contribution is -2.27. The van der Waals surface area contributed by atoms with Crippen LogP contribution in [0.5, 0.6) is 0 Å². The highest BCUT2D eigenvalue weighted by molar-refractivity contribution is 5.92. The summed E-state index contributed by atoms with van der Waals surface area (Å²) in [6.45, 7) is 4.31. The van der Waals surface area contributed by atoms with E-state index in [0.29, 0.717) is 24.0 Å². The van der Waals surface area contributed by atoms with Gasteiger partial charge in [-0.2, -0.15) is 5.10 Å². The molecule has 23 heavy (non-hydrogen) atoms. The summed E-state index contributed by atoms with van der Waals surface area (Å²) >= 11 is 0. The van der Waals surface area contributed by atoms with E-state index in [1.165, 1.54) is 10.7 Å². The third kappa shape index (κ3) is 2.72. The van der Waals surface area contributed by atoms with E-state index < -0.39 is 0 Å². The number of carbonyl (C=O) groups is 1. The number of carbonyl (C=O) groups excluding carboxylic acids is 1. The predicted octanol–water partition coefficient (Wildman–Crippen LogP) is 2.63. The molecule has 3 aromatic rings. The van der Waals surface area contributed by atoms with Crippen molar-refractivity contribution in [1.29, 1.82) is 0 Å². The molecule has 0 radical (unpaired) electrons. The van der Waals surface area contributed by atoms with E-state index in [-0.39, 0.29) is 11.7 Å². The average Bonchev–Trinajstić information content (AvgIpc) is 3.08. The van der Waals surface area contributed by atoms with Crippen molar-refractivity contribution in [2.24, 2.45) is 7.05 Å². The topological polar surface area (TPSA) is 62.7 Å². The molecule has 0 aliphatic rings. The molecule has 2 aromatic heterocycles. The first-order chi connectivity index (χ1) is 11.0. The molecule has 2 heterocycles. The Morgan fingerprint density at radius 1 is 1.35 bits per heavy atom. The number of halogens is 1. The lowest BCUT2D eigenvalue weighted by atomic mass is 10.1. The Hall–Kier alpha value is -2.63. The van der Waals surface area contributed by atoms with Crippen molar-refractivity contribution < 1.29 is 9.18 Å². The highest BCUT2D eigenvalue weighted by Crippen LogP contribution is 2.27. The van der Waals surface area contributed by atoms with E-state index in [2.05, 4.69) is 15.4 Å². The van der Waals surface area contributed by atoms with Crippen molar-refractivity contribution in [2.75, 3.05) is 6.54 Å². The van der Waals surface area contributed by atoms with E-state index >= 15 is 0 Å². The zero-order valence-corrected chi connectivity index (χ0v) is 13.4. The highest BCUT2D eigenvalue weighted by Gasteiger charge is 2.15. The minimum absolute atomic E-state index is 0.181. The Morgan fingerprint density at radius 3 is 2.83 bits per heavy atom. The quantitative estimate of drug-likeness (QED) is 0.777. The Kier molecular flexibility index (Phi) is 3.90. The van der Waals surface area contributed by atoms with Gasteiger partial charge in [0.2, 0.25) is 0 Å². The van der Waals surface area contributed by atoms with Gasteiger partial charge in [0.1, 0.15) is 11.5 Å². The van der Waals surface area contributed by atoms with Crippen molar-refractivity contribution in [3.05, 3.63) is 52.7 Å². The molecule has 1 aromatic carbocycles. The van der Waals surface area contributed by atoms with Crippen LogP contribution in [-0.2, 0) is 13.5 Å². The molecule has 0 unspecified atom stereocenters. The van der Waals surface area contributed by atoms with Gasteiger partial charge < -0.3 is 10.3 Å². The first kappa shape index (κ1) is 15.3. The second-order valence-corrected chi connectivity index (χ2v) is 5.69. The number of H-pyrrole nitrogens is 1. The van der Waals surface area contributed by atoms with Crippen LogP contribution >= 0.6 is 0 Å². The van der Waals surface area contributed by atoms with E-state index in [1.54, 1.807) is 25.4 Å². The van der Waals surface area contributed by atoms with Crippen LogP contribution in [0.15, 0.2) is 24.4 Å². The van der Waals surface area contributed by atoms with E-state index in [1.807, 2.05) is 13.8 Å². The normalized spacial score (nSPS) is 11.1.